The van der Waals surface area contributed by atoms with Crippen molar-refractivity contribution >= 4 is 17.5 Å². The van der Waals surface area contributed by atoms with Crippen LogP contribution in [0.25, 0.3) is 0 Å². The van der Waals surface area contributed by atoms with Crippen LogP contribution in [0.15, 0.2) is 18.2 Å². The molecule has 128 valence electrons. The number of ether oxygens (including phenoxy) is 2. The van der Waals surface area contributed by atoms with Gasteiger partial charge < -0.3 is 20.1 Å². The topological polar surface area (TPSA) is 79.9 Å². The summed E-state index contributed by atoms with van der Waals surface area (Å²) in [7, 11) is 0. The second kappa shape index (κ2) is 6.41. The van der Waals surface area contributed by atoms with Crippen LogP contribution in [-0.4, -0.2) is 61.7 Å². The molecular weight excluding hydrogens is 310 g/mol. The molecule has 1 aromatic rings. The number of hydrogen-bond donors (Lipinski definition) is 2. The van der Waals surface area contributed by atoms with Gasteiger partial charge in [-0.1, -0.05) is 0 Å². The van der Waals surface area contributed by atoms with Gasteiger partial charge in [0, 0.05) is 5.56 Å². The van der Waals surface area contributed by atoms with Crippen molar-refractivity contribution in [1.82, 2.24) is 10.2 Å². The standard InChI is InChI=1S/C17H21N3O4/c21-16-10-24-15-7-11(3-4-12(15)18-16)17(22)19-13-8-23-9-14(13)20-5-1-2-6-20/h3-4,7,13-14H,1-2,5-6,8-10H2,(H,18,21)(H,19,22)/t13-,14-/m0/s1. The quantitative estimate of drug-likeness (QED) is 0.848. The number of fused-ring (bicyclic) bond motifs is 1. The lowest BCUT2D eigenvalue weighted by Crippen LogP contribution is -2.50. The molecule has 24 heavy (non-hydrogen) atoms. The molecule has 2 fully saturated rings. The second-order valence-corrected chi connectivity index (χ2v) is 6.48. The van der Waals surface area contributed by atoms with Crippen molar-refractivity contribution in [2.75, 3.05) is 38.2 Å². The van der Waals surface area contributed by atoms with Crippen LogP contribution in [0.3, 0.4) is 0 Å². The minimum atomic E-state index is -0.184. The average Bonchev–Trinajstić information content (AvgIpc) is 3.25. The first-order chi connectivity index (χ1) is 11.7. The molecule has 2 N–H and O–H groups in total. The summed E-state index contributed by atoms with van der Waals surface area (Å²) in [5.74, 6) is 0.204. The van der Waals surface area contributed by atoms with Crippen molar-refractivity contribution in [1.29, 1.82) is 0 Å². The van der Waals surface area contributed by atoms with Crippen molar-refractivity contribution in [3.8, 4) is 5.75 Å². The predicted octanol–water partition coefficient (Wildman–Crippen LogP) is 0.610. The maximum absolute atomic E-state index is 12.6. The van der Waals surface area contributed by atoms with E-state index in [2.05, 4.69) is 15.5 Å². The Morgan fingerprint density at radius 3 is 2.92 bits per heavy atom. The zero-order chi connectivity index (χ0) is 16.5. The molecule has 7 heteroatoms. The van der Waals surface area contributed by atoms with E-state index in [1.807, 2.05) is 0 Å². The molecule has 2 amide bonds. The summed E-state index contributed by atoms with van der Waals surface area (Å²) in [5.41, 5.74) is 1.12. The van der Waals surface area contributed by atoms with Gasteiger partial charge in [0.15, 0.2) is 6.61 Å². The molecule has 4 rings (SSSR count). The van der Waals surface area contributed by atoms with Crippen LogP contribution >= 0.6 is 0 Å². The van der Waals surface area contributed by atoms with Crippen LogP contribution in [0.5, 0.6) is 5.75 Å². The van der Waals surface area contributed by atoms with Crippen LogP contribution in [0, 0.1) is 0 Å². The van der Waals surface area contributed by atoms with Gasteiger partial charge >= 0.3 is 0 Å². The third kappa shape index (κ3) is 2.97. The lowest BCUT2D eigenvalue weighted by molar-refractivity contribution is -0.118. The maximum atomic E-state index is 12.6. The van der Waals surface area contributed by atoms with E-state index in [1.165, 1.54) is 12.8 Å². The van der Waals surface area contributed by atoms with Gasteiger partial charge in [0.1, 0.15) is 5.75 Å². The average molecular weight is 331 g/mol. The van der Waals surface area contributed by atoms with Crippen molar-refractivity contribution in [3.05, 3.63) is 23.8 Å². The van der Waals surface area contributed by atoms with Crippen LogP contribution in [-0.2, 0) is 9.53 Å². The molecule has 0 saturated carbocycles. The molecule has 0 aromatic heterocycles. The first-order valence-electron chi connectivity index (χ1n) is 8.40. The fraction of sp³-hybridized carbons (Fsp3) is 0.529. The van der Waals surface area contributed by atoms with Crippen molar-refractivity contribution in [3.63, 3.8) is 0 Å². The summed E-state index contributed by atoms with van der Waals surface area (Å²) in [6.45, 7) is 3.35. The Labute approximate surface area is 140 Å². The minimum absolute atomic E-state index is 0.00672. The number of hydrogen-bond acceptors (Lipinski definition) is 5. The number of benzene rings is 1. The van der Waals surface area contributed by atoms with E-state index >= 15 is 0 Å². The molecule has 0 radical (unpaired) electrons. The Kier molecular flexibility index (Phi) is 4.12. The third-order valence-corrected chi connectivity index (χ3v) is 4.85. The Bertz CT molecular complexity index is 657. The molecule has 2 atom stereocenters. The van der Waals surface area contributed by atoms with Crippen LogP contribution < -0.4 is 15.4 Å². The largest absolute Gasteiger partial charge is 0.482 e. The molecule has 3 heterocycles. The normalized spacial score (nSPS) is 26.6. The van der Waals surface area contributed by atoms with Gasteiger partial charge in [-0.15, -0.1) is 0 Å². The maximum Gasteiger partial charge on any atom is 0.262 e. The van der Waals surface area contributed by atoms with Crippen molar-refractivity contribution < 1.29 is 19.1 Å². The van der Waals surface area contributed by atoms with E-state index < -0.39 is 0 Å². The summed E-state index contributed by atoms with van der Waals surface area (Å²) < 4.78 is 11.0. The van der Waals surface area contributed by atoms with E-state index in [4.69, 9.17) is 9.47 Å². The highest BCUT2D eigenvalue weighted by Gasteiger charge is 2.35. The minimum Gasteiger partial charge on any atom is -0.482 e. The van der Waals surface area contributed by atoms with E-state index in [9.17, 15) is 9.59 Å². The Morgan fingerprint density at radius 1 is 1.25 bits per heavy atom. The molecule has 1 aromatic carbocycles. The lowest BCUT2D eigenvalue weighted by atomic mass is 10.1. The highest BCUT2D eigenvalue weighted by atomic mass is 16.5. The van der Waals surface area contributed by atoms with Gasteiger partial charge in [-0.3, -0.25) is 14.5 Å². The van der Waals surface area contributed by atoms with Crippen LogP contribution in [0.2, 0.25) is 0 Å². The Hall–Kier alpha value is -2.12. The number of amides is 2. The molecule has 7 nitrogen and oxygen atoms in total. The highest BCUT2D eigenvalue weighted by Crippen LogP contribution is 2.28. The third-order valence-electron chi connectivity index (χ3n) is 4.85. The second-order valence-electron chi connectivity index (χ2n) is 6.48. The highest BCUT2D eigenvalue weighted by molar-refractivity contribution is 5.99. The fourth-order valence-electron chi connectivity index (χ4n) is 3.58. The van der Waals surface area contributed by atoms with E-state index in [0.717, 1.165) is 13.1 Å². The van der Waals surface area contributed by atoms with E-state index in [1.54, 1.807) is 18.2 Å². The molecule has 3 aliphatic heterocycles. The van der Waals surface area contributed by atoms with Gasteiger partial charge in [0.05, 0.1) is 31.0 Å². The zero-order valence-electron chi connectivity index (χ0n) is 13.4. The summed E-state index contributed by atoms with van der Waals surface area (Å²) in [4.78, 5) is 26.3. The summed E-state index contributed by atoms with van der Waals surface area (Å²) >= 11 is 0. The molecular formula is C17H21N3O4. The number of anilines is 1. The van der Waals surface area contributed by atoms with E-state index in [0.29, 0.717) is 30.2 Å². The molecule has 2 saturated heterocycles. The monoisotopic (exact) mass is 331 g/mol. The van der Waals surface area contributed by atoms with Crippen LogP contribution in [0.4, 0.5) is 5.69 Å². The number of rotatable bonds is 3. The van der Waals surface area contributed by atoms with Crippen molar-refractivity contribution in [2.45, 2.75) is 24.9 Å². The summed E-state index contributed by atoms with van der Waals surface area (Å²) in [5, 5.41) is 5.81. The number of nitrogens with one attached hydrogen (secondary N) is 2. The molecule has 0 unspecified atom stereocenters. The smallest absolute Gasteiger partial charge is 0.262 e. The predicted molar refractivity (Wildman–Crippen MR) is 87.2 cm³/mol. The van der Waals surface area contributed by atoms with Crippen LogP contribution in [0.1, 0.15) is 23.2 Å². The van der Waals surface area contributed by atoms with Gasteiger partial charge in [0.25, 0.3) is 11.8 Å². The molecule has 0 spiro atoms. The SMILES string of the molecule is O=C1COc2cc(C(=O)N[C@H]3COC[C@@H]3N3CCCC3)ccc2N1. The zero-order valence-corrected chi connectivity index (χ0v) is 13.4. The number of likely N-dealkylation sites (tertiary alicyclic amines) is 1. The first-order valence-corrected chi connectivity index (χ1v) is 8.40. The number of carbonyl (C=O) groups excluding carboxylic acids is 2. The summed E-state index contributed by atoms with van der Waals surface area (Å²) in [6, 6.07) is 5.33. The molecule has 0 aliphatic carbocycles. The first kappa shape index (κ1) is 15.4. The molecule has 3 aliphatic rings. The number of carbonyl (C=O) groups is 2. The molecule has 0 bridgehead atoms. The Balaban J connectivity index is 1.45. The van der Waals surface area contributed by atoms with Crippen molar-refractivity contribution in [2.24, 2.45) is 0 Å². The van der Waals surface area contributed by atoms with E-state index in [-0.39, 0.29) is 30.5 Å². The fourth-order valence-corrected chi connectivity index (χ4v) is 3.58. The lowest BCUT2D eigenvalue weighted by Gasteiger charge is -2.28. The van der Waals surface area contributed by atoms with Gasteiger partial charge in [-0.2, -0.15) is 0 Å². The van der Waals surface area contributed by atoms with Gasteiger partial charge in [0.2, 0.25) is 0 Å². The van der Waals surface area contributed by atoms with Gasteiger partial charge in [-0.05, 0) is 44.1 Å². The van der Waals surface area contributed by atoms with Gasteiger partial charge in [-0.25, -0.2) is 0 Å². The summed E-state index contributed by atoms with van der Waals surface area (Å²) in [6.07, 6.45) is 2.43. The Morgan fingerprint density at radius 2 is 2.08 bits per heavy atom. The number of nitrogens with zero attached hydrogens (tertiary/aromatic N) is 1.